The van der Waals surface area contributed by atoms with Gasteiger partial charge in [0.25, 0.3) is 0 Å². The third kappa shape index (κ3) is 4.61. The molecule has 1 heterocycles. The van der Waals surface area contributed by atoms with Gasteiger partial charge < -0.3 is 10.1 Å². The van der Waals surface area contributed by atoms with Crippen molar-refractivity contribution in [3.05, 3.63) is 41.7 Å². The first-order valence-electron chi connectivity index (χ1n) is 9.21. The standard InChI is InChI=1S/C20H23N3O4/c1-2-13-7-9-15(10-8-13)22-19(25)20(26)23-21-11-14-12-27-17-6-4-3-5-16(17)18(14)24/h7-12,16-17H,2-6H2,1H3,(H,22,25)(H,23,26)/b21-11+. The lowest BCUT2D eigenvalue weighted by molar-refractivity contribution is -0.136. The minimum Gasteiger partial charge on any atom is -0.496 e. The van der Waals surface area contributed by atoms with E-state index in [1.807, 2.05) is 19.1 Å². The summed E-state index contributed by atoms with van der Waals surface area (Å²) in [5, 5.41) is 6.21. The first-order chi connectivity index (χ1) is 13.1. The van der Waals surface area contributed by atoms with E-state index in [0.717, 1.165) is 37.7 Å². The molecular weight excluding hydrogens is 346 g/mol. The lowest BCUT2D eigenvalue weighted by Gasteiger charge is -2.33. The molecule has 2 amide bonds. The van der Waals surface area contributed by atoms with E-state index in [1.165, 1.54) is 12.5 Å². The van der Waals surface area contributed by atoms with Crippen LogP contribution < -0.4 is 10.7 Å². The molecule has 1 aliphatic heterocycles. The molecule has 1 aromatic rings. The number of ketones is 1. The van der Waals surface area contributed by atoms with Crippen LogP contribution in [0.1, 0.15) is 38.2 Å². The number of amides is 2. The van der Waals surface area contributed by atoms with Gasteiger partial charge in [-0.3, -0.25) is 14.4 Å². The Labute approximate surface area is 157 Å². The van der Waals surface area contributed by atoms with E-state index >= 15 is 0 Å². The molecule has 0 radical (unpaired) electrons. The molecule has 7 nitrogen and oxygen atoms in total. The lowest BCUT2D eigenvalue weighted by atomic mass is 9.80. The first-order valence-corrected chi connectivity index (χ1v) is 9.21. The van der Waals surface area contributed by atoms with Gasteiger partial charge in [-0.05, 0) is 43.4 Å². The highest BCUT2D eigenvalue weighted by Crippen LogP contribution is 2.32. The van der Waals surface area contributed by atoms with Crippen LogP contribution >= 0.6 is 0 Å². The Hall–Kier alpha value is -2.96. The number of hydrazone groups is 1. The van der Waals surface area contributed by atoms with Crippen molar-refractivity contribution < 1.29 is 19.1 Å². The summed E-state index contributed by atoms with van der Waals surface area (Å²) in [5.74, 6) is -1.91. The van der Waals surface area contributed by atoms with Crippen molar-refractivity contribution in [1.29, 1.82) is 0 Å². The number of anilines is 1. The molecule has 1 aliphatic carbocycles. The van der Waals surface area contributed by atoms with Crippen LogP contribution in [0.4, 0.5) is 5.69 Å². The summed E-state index contributed by atoms with van der Waals surface area (Å²) in [6.07, 6.45) is 7.23. The topological polar surface area (TPSA) is 96.9 Å². The Morgan fingerprint density at radius 3 is 2.67 bits per heavy atom. The maximum atomic E-state index is 12.4. The van der Waals surface area contributed by atoms with Crippen molar-refractivity contribution in [2.45, 2.75) is 45.1 Å². The second-order valence-electron chi connectivity index (χ2n) is 6.71. The molecular formula is C20H23N3O4. The molecule has 2 atom stereocenters. The highest BCUT2D eigenvalue weighted by Gasteiger charge is 2.36. The summed E-state index contributed by atoms with van der Waals surface area (Å²) >= 11 is 0. The van der Waals surface area contributed by atoms with E-state index in [4.69, 9.17) is 4.74 Å². The van der Waals surface area contributed by atoms with Crippen LogP contribution in [0.25, 0.3) is 0 Å². The number of nitrogens with one attached hydrogen (secondary N) is 2. The van der Waals surface area contributed by atoms with Crippen molar-refractivity contribution in [3.8, 4) is 0 Å². The molecule has 1 aromatic carbocycles. The van der Waals surface area contributed by atoms with Gasteiger partial charge in [-0.2, -0.15) is 5.10 Å². The Morgan fingerprint density at radius 1 is 1.19 bits per heavy atom. The fourth-order valence-electron chi connectivity index (χ4n) is 3.31. The van der Waals surface area contributed by atoms with Crippen LogP contribution in [0.2, 0.25) is 0 Å². The number of nitrogens with zero attached hydrogens (tertiary/aromatic N) is 1. The van der Waals surface area contributed by atoms with Crippen LogP contribution in [0.3, 0.4) is 0 Å². The van der Waals surface area contributed by atoms with E-state index in [2.05, 4.69) is 15.8 Å². The minimum atomic E-state index is -0.911. The number of aryl methyl sites for hydroxylation is 1. The average molecular weight is 369 g/mol. The third-order valence-corrected chi connectivity index (χ3v) is 4.89. The molecule has 3 rings (SSSR count). The number of hydrogen-bond acceptors (Lipinski definition) is 5. The van der Waals surface area contributed by atoms with Gasteiger partial charge in [-0.1, -0.05) is 25.5 Å². The number of benzene rings is 1. The summed E-state index contributed by atoms with van der Waals surface area (Å²) < 4.78 is 5.60. The molecule has 0 spiro atoms. The number of carbonyl (C=O) groups excluding carboxylic acids is 3. The summed E-state index contributed by atoms with van der Waals surface area (Å²) in [6, 6.07) is 7.23. The van der Waals surface area contributed by atoms with Crippen LogP contribution in [0.5, 0.6) is 0 Å². The minimum absolute atomic E-state index is 0.0237. The second-order valence-corrected chi connectivity index (χ2v) is 6.71. The van der Waals surface area contributed by atoms with E-state index in [1.54, 1.807) is 12.1 Å². The van der Waals surface area contributed by atoms with Gasteiger partial charge in [0.05, 0.1) is 24.0 Å². The molecule has 2 unspecified atom stereocenters. The SMILES string of the molecule is CCc1ccc(NC(=O)C(=O)N/N=C/C2=COC3CCCCC3C2=O)cc1. The maximum Gasteiger partial charge on any atom is 0.329 e. The predicted octanol–water partition coefficient (Wildman–Crippen LogP) is 2.33. The number of allylic oxidation sites excluding steroid dienone is 1. The highest BCUT2D eigenvalue weighted by atomic mass is 16.5. The Kier molecular flexibility index (Phi) is 6.01. The van der Waals surface area contributed by atoms with Gasteiger partial charge in [-0.25, -0.2) is 5.43 Å². The third-order valence-electron chi connectivity index (χ3n) is 4.89. The zero-order valence-electron chi connectivity index (χ0n) is 15.2. The van der Waals surface area contributed by atoms with Crippen LogP contribution in [-0.4, -0.2) is 29.9 Å². The van der Waals surface area contributed by atoms with Crippen molar-refractivity contribution in [2.24, 2.45) is 11.0 Å². The van der Waals surface area contributed by atoms with Crippen molar-refractivity contribution in [2.75, 3.05) is 5.32 Å². The zero-order chi connectivity index (χ0) is 19.2. The van der Waals surface area contributed by atoms with Crippen LogP contribution in [0, 0.1) is 5.92 Å². The quantitative estimate of drug-likeness (QED) is 0.484. The molecule has 0 aromatic heterocycles. The summed E-state index contributed by atoms with van der Waals surface area (Å²) in [5.41, 5.74) is 4.10. The molecule has 1 fully saturated rings. The van der Waals surface area contributed by atoms with Crippen molar-refractivity contribution in [1.82, 2.24) is 5.43 Å². The number of carbonyl (C=O) groups is 3. The van der Waals surface area contributed by atoms with Gasteiger partial charge in [0.15, 0.2) is 5.78 Å². The molecule has 142 valence electrons. The fourth-order valence-corrected chi connectivity index (χ4v) is 3.31. The number of fused-ring (bicyclic) bond motifs is 1. The number of ether oxygens (including phenoxy) is 1. The number of Topliss-reactive ketones (excluding diaryl/α,β-unsaturated/α-hetero) is 1. The smallest absolute Gasteiger partial charge is 0.329 e. The zero-order valence-corrected chi connectivity index (χ0v) is 15.2. The van der Waals surface area contributed by atoms with Gasteiger partial charge in [-0.15, -0.1) is 0 Å². The highest BCUT2D eigenvalue weighted by molar-refractivity contribution is 6.39. The molecule has 2 N–H and O–H groups in total. The second kappa shape index (κ2) is 8.62. The van der Waals surface area contributed by atoms with E-state index in [-0.39, 0.29) is 17.8 Å². The van der Waals surface area contributed by atoms with Crippen LogP contribution in [-0.2, 0) is 25.5 Å². The molecule has 27 heavy (non-hydrogen) atoms. The fraction of sp³-hybridized carbons (Fsp3) is 0.400. The van der Waals surface area contributed by atoms with Crippen LogP contribution in [0.15, 0.2) is 41.2 Å². The number of hydrogen-bond donors (Lipinski definition) is 2. The van der Waals surface area contributed by atoms with Crippen molar-refractivity contribution >= 4 is 29.5 Å². The summed E-state index contributed by atoms with van der Waals surface area (Å²) in [4.78, 5) is 36.2. The largest absolute Gasteiger partial charge is 0.496 e. The molecule has 0 saturated heterocycles. The Morgan fingerprint density at radius 2 is 1.93 bits per heavy atom. The first kappa shape index (κ1) is 18.8. The molecule has 0 bridgehead atoms. The average Bonchev–Trinajstić information content (AvgIpc) is 2.70. The molecule has 7 heteroatoms. The Bertz CT molecular complexity index is 783. The van der Waals surface area contributed by atoms with Crippen molar-refractivity contribution in [3.63, 3.8) is 0 Å². The Balaban J connectivity index is 1.52. The molecule has 2 aliphatic rings. The normalized spacial score (nSPS) is 21.8. The maximum absolute atomic E-state index is 12.4. The van der Waals surface area contributed by atoms with Gasteiger partial charge in [0, 0.05) is 5.69 Å². The predicted molar refractivity (Wildman–Crippen MR) is 101 cm³/mol. The lowest BCUT2D eigenvalue weighted by Crippen LogP contribution is -2.37. The summed E-state index contributed by atoms with van der Waals surface area (Å²) in [6.45, 7) is 2.03. The van der Waals surface area contributed by atoms with Gasteiger partial charge in [0.2, 0.25) is 0 Å². The number of rotatable bonds is 4. The van der Waals surface area contributed by atoms with E-state index in [0.29, 0.717) is 11.3 Å². The van der Waals surface area contributed by atoms with E-state index < -0.39 is 11.8 Å². The molecule has 1 saturated carbocycles. The van der Waals surface area contributed by atoms with Gasteiger partial charge in [0.1, 0.15) is 6.10 Å². The van der Waals surface area contributed by atoms with E-state index in [9.17, 15) is 14.4 Å². The summed E-state index contributed by atoms with van der Waals surface area (Å²) in [7, 11) is 0. The van der Waals surface area contributed by atoms with Gasteiger partial charge >= 0.3 is 11.8 Å². The monoisotopic (exact) mass is 369 g/mol.